The third-order valence-electron chi connectivity index (χ3n) is 2.59. The van der Waals surface area contributed by atoms with Crippen LogP contribution in [0.15, 0.2) is 54.6 Å². The number of para-hydroxylation sites is 1. The zero-order valence-electron chi connectivity index (χ0n) is 10.6. The molecular weight excluding hydrogens is 238 g/mol. The number of nitriles is 1. The summed E-state index contributed by atoms with van der Waals surface area (Å²) in [5.74, 6) is 0.851. The molecule has 0 aliphatic heterocycles. The van der Waals surface area contributed by atoms with Crippen molar-refractivity contribution in [1.29, 1.82) is 5.26 Å². The summed E-state index contributed by atoms with van der Waals surface area (Å²) in [6.07, 6.45) is 0. The van der Waals surface area contributed by atoms with Gasteiger partial charge in [0.05, 0.1) is 24.8 Å². The van der Waals surface area contributed by atoms with E-state index in [0.717, 1.165) is 11.3 Å². The first-order valence-electron chi connectivity index (χ1n) is 6.13. The highest BCUT2D eigenvalue weighted by Crippen LogP contribution is 2.08. The van der Waals surface area contributed by atoms with E-state index in [1.807, 2.05) is 42.5 Å². The van der Waals surface area contributed by atoms with Crippen molar-refractivity contribution in [2.45, 2.75) is 6.61 Å². The molecule has 0 unspecified atom stereocenters. The molecule has 0 bridgehead atoms. The van der Waals surface area contributed by atoms with Gasteiger partial charge in [0.15, 0.2) is 0 Å². The van der Waals surface area contributed by atoms with Crippen molar-refractivity contribution < 1.29 is 9.47 Å². The lowest BCUT2D eigenvalue weighted by Crippen LogP contribution is -2.06. The van der Waals surface area contributed by atoms with E-state index < -0.39 is 0 Å². The predicted molar refractivity (Wildman–Crippen MR) is 72.8 cm³/mol. The standard InChI is InChI=1S/C16H15NO2/c17-12-14-6-8-15(9-7-14)13-18-10-11-19-16-4-2-1-3-5-16/h1-9H,10-11,13H2. The molecule has 0 spiro atoms. The van der Waals surface area contributed by atoms with Gasteiger partial charge in [0.1, 0.15) is 12.4 Å². The molecule has 0 aliphatic carbocycles. The minimum atomic E-state index is 0.528. The van der Waals surface area contributed by atoms with Gasteiger partial charge in [0.2, 0.25) is 0 Å². The summed E-state index contributed by atoms with van der Waals surface area (Å²) in [6.45, 7) is 1.60. The minimum Gasteiger partial charge on any atom is -0.491 e. The lowest BCUT2D eigenvalue weighted by atomic mass is 10.2. The quantitative estimate of drug-likeness (QED) is 0.743. The van der Waals surface area contributed by atoms with Gasteiger partial charge in [-0.15, -0.1) is 0 Å². The number of hydrogen-bond donors (Lipinski definition) is 0. The Bertz CT molecular complexity index is 529. The summed E-state index contributed by atoms with van der Waals surface area (Å²) in [5.41, 5.74) is 1.72. The van der Waals surface area contributed by atoms with Crippen molar-refractivity contribution in [3.8, 4) is 11.8 Å². The van der Waals surface area contributed by atoms with Crippen LogP contribution in [0.25, 0.3) is 0 Å². The van der Waals surface area contributed by atoms with E-state index in [1.54, 1.807) is 12.1 Å². The Balaban J connectivity index is 1.65. The zero-order valence-corrected chi connectivity index (χ0v) is 10.6. The summed E-state index contributed by atoms with van der Waals surface area (Å²) < 4.78 is 11.0. The summed E-state index contributed by atoms with van der Waals surface area (Å²) in [6, 6.07) is 19.1. The third kappa shape index (κ3) is 4.46. The largest absolute Gasteiger partial charge is 0.491 e. The maximum atomic E-state index is 8.68. The number of nitrogens with zero attached hydrogens (tertiary/aromatic N) is 1. The molecule has 0 fully saturated rings. The van der Waals surface area contributed by atoms with Gasteiger partial charge in [-0.25, -0.2) is 0 Å². The van der Waals surface area contributed by atoms with Crippen LogP contribution in [-0.4, -0.2) is 13.2 Å². The van der Waals surface area contributed by atoms with E-state index in [1.165, 1.54) is 0 Å². The van der Waals surface area contributed by atoms with Gasteiger partial charge in [-0.05, 0) is 29.8 Å². The Morgan fingerprint density at radius 1 is 0.895 bits per heavy atom. The SMILES string of the molecule is N#Cc1ccc(COCCOc2ccccc2)cc1. The second kappa shape index (κ2) is 7.20. The van der Waals surface area contributed by atoms with Crippen molar-refractivity contribution in [3.63, 3.8) is 0 Å². The van der Waals surface area contributed by atoms with Gasteiger partial charge in [0.25, 0.3) is 0 Å². The van der Waals surface area contributed by atoms with Gasteiger partial charge >= 0.3 is 0 Å². The Morgan fingerprint density at radius 2 is 1.63 bits per heavy atom. The van der Waals surface area contributed by atoms with Crippen LogP contribution in [0.2, 0.25) is 0 Å². The molecule has 0 atom stereocenters. The second-order valence-corrected chi connectivity index (χ2v) is 4.02. The van der Waals surface area contributed by atoms with Gasteiger partial charge in [0, 0.05) is 0 Å². The van der Waals surface area contributed by atoms with Crippen molar-refractivity contribution in [1.82, 2.24) is 0 Å². The lowest BCUT2D eigenvalue weighted by Gasteiger charge is -2.07. The maximum absolute atomic E-state index is 8.68. The van der Waals surface area contributed by atoms with Crippen LogP contribution in [-0.2, 0) is 11.3 Å². The highest BCUT2D eigenvalue weighted by molar-refractivity contribution is 5.31. The highest BCUT2D eigenvalue weighted by atomic mass is 16.5. The highest BCUT2D eigenvalue weighted by Gasteiger charge is 1.95. The van der Waals surface area contributed by atoms with Crippen molar-refractivity contribution in [3.05, 3.63) is 65.7 Å². The number of benzene rings is 2. The van der Waals surface area contributed by atoms with Gasteiger partial charge < -0.3 is 9.47 Å². The molecule has 0 radical (unpaired) electrons. The number of ether oxygens (including phenoxy) is 2. The maximum Gasteiger partial charge on any atom is 0.119 e. The zero-order chi connectivity index (χ0) is 13.3. The van der Waals surface area contributed by atoms with Gasteiger partial charge in [-0.1, -0.05) is 30.3 Å². The van der Waals surface area contributed by atoms with E-state index in [2.05, 4.69) is 6.07 Å². The molecule has 0 aliphatic rings. The molecule has 0 N–H and O–H groups in total. The fourth-order valence-electron chi connectivity index (χ4n) is 1.60. The summed E-state index contributed by atoms with van der Waals surface area (Å²) in [7, 11) is 0. The average molecular weight is 253 g/mol. The topological polar surface area (TPSA) is 42.2 Å². The molecule has 3 heteroatoms. The van der Waals surface area contributed by atoms with Crippen molar-refractivity contribution >= 4 is 0 Å². The van der Waals surface area contributed by atoms with E-state index >= 15 is 0 Å². The van der Waals surface area contributed by atoms with Crippen LogP contribution < -0.4 is 4.74 Å². The normalized spacial score (nSPS) is 9.84. The fraction of sp³-hybridized carbons (Fsp3) is 0.188. The molecule has 0 saturated heterocycles. The molecule has 2 aromatic carbocycles. The van der Waals surface area contributed by atoms with Gasteiger partial charge in [-0.3, -0.25) is 0 Å². The van der Waals surface area contributed by atoms with E-state index in [0.29, 0.717) is 25.4 Å². The molecule has 0 heterocycles. The van der Waals surface area contributed by atoms with Gasteiger partial charge in [-0.2, -0.15) is 5.26 Å². The smallest absolute Gasteiger partial charge is 0.119 e. The summed E-state index contributed by atoms with van der Waals surface area (Å²) in [5, 5.41) is 8.68. The van der Waals surface area contributed by atoms with E-state index in [9.17, 15) is 0 Å². The first-order chi connectivity index (χ1) is 9.38. The monoisotopic (exact) mass is 253 g/mol. The Hall–Kier alpha value is -2.31. The number of rotatable bonds is 6. The average Bonchev–Trinajstić information content (AvgIpc) is 2.49. The van der Waals surface area contributed by atoms with Crippen LogP contribution in [0.1, 0.15) is 11.1 Å². The third-order valence-corrected chi connectivity index (χ3v) is 2.59. The molecule has 96 valence electrons. The fourth-order valence-corrected chi connectivity index (χ4v) is 1.60. The van der Waals surface area contributed by atoms with Crippen LogP contribution in [0.5, 0.6) is 5.75 Å². The molecule has 2 aromatic rings. The summed E-state index contributed by atoms with van der Waals surface area (Å²) in [4.78, 5) is 0. The van der Waals surface area contributed by atoms with Crippen LogP contribution >= 0.6 is 0 Å². The first kappa shape index (κ1) is 13.1. The molecule has 0 aromatic heterocycles. The molecule has 3 nitrogen and oxygen atoms in total. The summed E-state index contributed by atoms with van der Waals surface area (Å²) >= 11 is 0. The Labute approximate surface area is 113 Å². The van der Waals surface area contributed by atoms with Crippen molar-refractivity contribution in [2.75, 3.05) is 13.2 Å². The van der Waals surface area contributed by atoms with Crippen LogP contribution in [0.3, 0.4) is 0 Å². The Kier molecular flexibility index (Phi) is 4.97. The number of hydrogen-bond acceptors (Lipinski definition) is 3. The first-order valence-corrected chi connectivity index (χ1v) is 6.13. The van der Waals surface area contributed by atoms with E-state index in [-0.39, 0.29) is 0 Å². The van der Waals surface area contributed by atoms with Crippen LogP contribution in [0.4, 0.5) is 0 Å². The minimum absolute atomic E-state index is 0.528. The predicted octanol–water partition coefficient (Wildman–Crippen LogP) is 3.15. The van der Waals surface area contributed by atoms with E-state index in [4.69, 9.17) is 14.7 Å². The molecule has 19 heavy (non-hydrogen) atoms. The Morgan fingerprint density at radius 3 is 2.32 bits per heavy atom. The second-order valence-electron chi connectivity index (χ2n) is 4.02. The molecule has 0 amide bonds. The van der Waals surface area contributed by atoms with Crippen molar-refractivity contribution in [2.24, 2.45) is 0 Å². The molecular formula is C16H15NO2. The molecule has 2 rings (SSSR count). The van der Waals surface area contributed by atoms with Crippen LogP contribution in [0, 0.1) is 11.3 Å². The lowest BCUT2D eigenvalue weighted by molar-refractivity contribution is 0.0889. The molecule has 0 saturated carbocycles.